The van der Waals surface area contributed by atoms with Gasteiger partial charge in [-0.1, -0.05) is 32.0 Å². The summed E-state index contributed by atoms with van der Waals surface area (Å²) in [6.45, 7) is 3.32. The molecule has 1 unspecified atom stereocenters. The Morgan fingerprint density at radius 1 is 1.14 bits per heavy atom. The van der Waals surface area contributed by atoms with Crippen LogP contribution in [0.1, 0.15) is 44.2 Å². The number of hydrogen-bond acceptors (Lipinski definition) is 4. The molecular weight excluding hydrogens is 376 g/mol. The Kier molecular flexibility index (Phi) is 7.37. The molecule has 0 amide bonds. The highest BCUT2D eigenvalue weighted by Crippen LogP contribution is 2.33. The monoisotopic (exact) mass is 400 g/mol. The Morgan fingerprint density at radius 2 is 1.86 bits per heavy atom. The number of aliphatic hydroxyl groups is 1. The summed E-state index contributed by atoms with van der Waals surface area (Å²) in [4.78, 5) is 4.07. The molecule has 0 aliphatic rings. The van der Waals surface area contributed by atoms with Crippen LogP contribution in [-0.2, 0) is 0 Å². The molecule has 0 aliphatic heterocycles. The summed E-state index contributed by atoms with van der Waals surface area (Å²) in [5, 5.41) is 9.52. The van der Waals surface area contributed by atoms with Crippen molar-refractivity contribution in [2.75, 3.05) is 13.2 Å². The zero-order chi connectivity index (χ0) is 20.9. The second-order valence-electron chi connectivity index (χ2n) is 7.24. The zero-order valence-corrected chi connectivity index (χ0v) is 15.7. The van der Waals surface area contributed by atoms with Crippen LogP contribution in [0.5, 0.6) is 5.75 Å². The number of rotatable bonds is 9. The van der Waals surface area contributed by atoms with Crippen molar-refractivity contribution in [3.05, 3.63) is 47.7 Å². The van der Waals surface area contributed by atoms with Gasteiger partial charge in [0.1, 0.15) is 12.4 Å². The second-order valence-corrected chi connectivity index (χ2v) is 7.24. The van der Waals surface area contributed by atoms with E-state index < -0.39 is 24.0 Å². The molecule has 1 aromatic carbocycles. The Balaban J connectivity index is 2.29. The first kappa shape index (κ1) is 22.1. The van der Waals surface area contributed by atoms with Gasteiger partial charge in [-0.15, -0.1) is 0 Å². The fraction of sp³-hybridized carbons (Fsp3) is 0.450. The molecule has 28 heavy (non-hydrogen) atoms. The zero-order valence-electron chi connectivity index (χ0n) is 15.7. The number of ether oxygens (including phenoxy) is 1. The molecule has 2 rings (SSSR count). The first-order chi connectivity index (χ1) is 13.1. The quantitative estimate of drug-likeness (QED) is 0.597. The molecule has 2 aromatic rings. The van der Waals surface area contributed by atoms with Gasteiger partial charge in [-0.2, -0.15) is 0 Å². The molecule has 1 aromatic heterocycles. The van der Waals surface area contributed by atoms with Crippen LogP contribution < -0.4 is 10.5 Å². The van der Waals surface area contributed by atoms with Crippen LogP contribution in [0.3, 0.4) is 0 Å². The molecular formula is C20H24F4N2O2. The summed E-state index contributed by atoms with van der Waals surface area (Å²) in [6, 6.07) is 6.51. The number of hydrogen-bond donors (Lipinski definition) is 2. The molecule has 0 saturated heterocycles. The van der Waals surface area contributed by atoms with Crippen LogP contribution in [0.4, 0.5) is 17.6 Å². The van der Waals surface area contributed by atoms with Gasteiger partial charge in [-0.05, 0) is 24.5 Å². The number of pyridine rings is 1. The van der Waals surface area contributed by atoms with Gasteiger partial charge in [-0.25, -0.2) is 17.6 Å². The van der Waals surface area contributed by atoms with E-state index in [9.17, 15) is 22.7 Å². The molecule has 3 N–H and O–H groups in total. The first-order valence-corrected chi connectivity index (χ1v) is 8.84. The normalized spacial score (nSPS) is 14.0. The summed E-state index contributed by atoms with van der Waals surface area (Å²) in [5.41, 5.74) is 4.81. The van der Waals surface area contributed by atoms with E-state index in [0.29, 0.717) is 12.0 Å². The van der Waals surface area contributed by atoms with Crippen LogP contribution in [0.2, 0.25) is 0 Å². The lowest BCUT2D eigenvalue weighted by Crippen LogP contribution is -2.50. The molecule has 0 saturated carbocycles. The van der Waals surface area contributed by atoms with Gasteiger partial charge in [0.25, 0.3) is 12.9 Å². The smallest absolute Gasteiger partial charge is 0.267 e. The molecule has 0 bridgehead atoms. The summed E-state index contributed by atoms with van der Waals surface area (Å²) in [5.74, 6) is 0.0220. The van der Waals surface area contributed by atoms with Crippen molar-refractivity contribution in [2.45, 2.75) is 38.7 Å². The van der Waals surface area contributed by atoms with Crippen molar-refractivity contribution in [1.82, 2.24) is 4.98 Å². The van der Waals surface area contributed by atoms with Crippen LogP contribution in [0.25, 0.3) is 11.3 Å². The SMILES string of the molecule is CC(C)CC(N)(CO)COc1cnc(-c2cccc(C(F)F)c2)cc1C(F)F. The van der Waals surface area contributed by atoms with E-state index in [4.69, 9.17) is 10.5 Å². The van der Waals surface area contributed by atoms with E-state index in [1.807, 2.05) is 13.8 Å². The van der Waals surface area contributed by atoms with E-state index in [2.05, 4.69) is 4.98 Å². The van der Waals surface area contributed by atoms with Crippen LogP contribution in [-0.4, -0.2) is 28.8 Å². The van der Waals surface area contributed by atoms with Crippen molar-refractivity contribution in [2.24, 2.45) is 11.7 Å². The summed E-state index contributed by atoms with van der Waals surface area (Å²) >= 11 is 0. The van der Waals surface area contributed by atoms with Gasteiger partial charge in [0, 0.05) is 11.1 Å². The fourth-order valence-corrected chi connectivity index (χ4v) is 2.94. The van der Waals surface area contributed by atoms with Gasteiger partial charge in [0.15, 0.2) is 0 Å². The molecule has 0 fully saturated rings. The average molecular weight is 400 g/mol. The van der Waals surface area contributed by atoms with Crippen molar-refractivity contribution in [1.29, 1.82) is 0 Å². The van der Waals surface area contributed by atoms with Crippen LogP contribution in [0, 0.1) is 5.92 Å². The highest BCUT2D eigenvalue weighted by Gasteiger charge is 2.28. The fourth-order valence-electron chi connectivity index (χ4n) is 2.94. The van der Waals surface area contributed by atoms with Gasteiger partial charge >= 0.3 is 0 Å². The van der Waals surface area contributed by atoms with Gasteiger partial charge in [0.2, 0.25) is 0 Å². The molecule has 0 radical (unpaired) electrons. The highest BCUT2D eigenvalue weighted by atomic mass is 19.3. The number of alkyl halides is 4. The van der Waals surface area contributed by atoms with Gasteiger partial charge in [-0.3, -0.25) is 4.98 Å². The molecule has 0 aliphatic carbocycles. The average Bonchev–Trinajstić information content (AvgIpc) is 2.65. The molecule has 0 spiro atoms. The van der Waals surface area contributed by atoms with E-state index in [-0.39, 0.29) is 36.1 Å². The molecule has 1 heterocycles. The number of halogens is 4. The van der Waals surface area contributed by atoms with E-state index >= 15 is 0 Å². The van der Waals surface area contributed by atoms with Crippen molar-refractivity contribution in [3.8, 4) is 17.0 Å². The van der Waals surface area contributed by atoms with E-state index in [1.54, 1.807) is 0 Å². The molecule has 1 atom stereocenters. The van der Waals surface area contributed by atoms with Crippen molar-refractivity contribution >= 4 is 0 Å². The van der Waals surface area contributed by atoms with Crippen LogP contribution in [0.15, 0.2) is 36.5 Å². The minimum atomic E-state index is -2.86. The molecule has 8 heteroatoms. The minimum Gasteiger partial charge on any atom is -0.489 e. The predicted octanol–water partition coefficient (Wildman–Crippen LogP) is 4.74. The Hall–Kier alpha value is -2.19. The third-order valence-electron chi connectivity index (χ3n) is 4.21. The lowest BCUT2D eigenvalue weighted by atomic mass is 9.91. The number of nitrogens with two attached hydrogens (primary N) is 1. The number of nitrogens with zero attached hydrogens (tertiary/aromatic N) is 1. The Labute approximate surface area is 161 Å². The highest BCUT2D eigenvalue weighted by molar-refractivity contribution is 5.62. The van der Waals surface area contributed by atoms with E-state index in [1.165, 1.54) is 24.3 Å². The summed E-state index contributed by atoms with van der Waals surface area (Å²) in [7, 11) is 0. The minimum absolute atomic E-state index is 0.133. The molecule has 4 nitrogen and oxygen atoms in total. The number of aromatic nitrogens is 1. The van der Waals surface area contributed by atoms with Crippen LogP contribution >= 0.6 is 0 Å². The van der Waals surface area contributed by atoms with Crippen molar-refractivity contribution in [3.63, 3.8) is 0 Å². The second kappa shape index (κ2) is 9.34. The summed E-state index contributed by atoms with van der Waals surface area (Å²) in [6.07, 6.45) is -3.96. The predicted molar refractivity (Wildman–Crippen MR) is 98.5 cm³/mol. The Bertz CT molecular complexity index is 787. The van der Waals surface area contributed by atoms with Gasteiger partial charge < -0.3 is 15.6 Å². The van der Waals surface area contributed by atoms with E-state index in [0.717, 1.165) is 12.3 Å². The third kappa shape index (κ3) is 5.65. The van der Waals surface area contributed by atoms with Gasteiger partial charge in [0.05, 0.1) is 29.6 Å². The first-order valence-electron chi connectivity index (χ1n) is 8.84. The number of benzene rings is 1. The topological polar surface area (TPSA) is 68.4 Å². The standard InChI is InChI=1S/C20H24F4N2O2/c1-12(2)8-20(25,10-27)11-28-17-9-26-16(7-15(17)19(23)24)13-4-3-5-14(6-13)18(21)22/h3-7,9,12,18-19,27H,8,10-11,25H2,1-2H3. The largest absolute Gasteiger partial charge is 0.489 e. The molecule has 154 valence electrons. The number of aliphatic hydroxyl groups excluding tert-OH is 1. The van der Waals surface area contributed by atoms with Crippen molar-refractivity contribution < 1.29 is 27.4 Å². The Morgan fingerprint density at radius 3 is 2.43 bits per heavy atom. The lowest BCUT2D eigenvalue weighted by molar-refractivity contribution is 0.107. The maximum absolute atomic E-state index is 13.5. The third-order valence-corrected chi connectivity index (χ3v) is 4.21. The maximum atomic E-state index is 13.5. The maximum Gasteiger partial charge on any atom is 0.267 e. The summed E-state index contributed by atoms with van der Waals surface area (Å²) < 4.78 is 58.3. The lowest BCUT2D eigenvalue weighted by Gasteiger charge is -2.29.